The molecule has 0 unspecified atom stereocenters. The first-order valence-electron chi connectivity index (χ1n) is 9.39. The average molecular weight is 410 g/mol. The summed E-state index contributed by atoms with van der Waals surface area (Å²) >= 11 is 3.24. The van der Waals surface area contributed by atoms with Crippen molar-refractivity contribution in [3.63, 3.8) is 0 Å². The molecular weight excluding hydrogens is 390 g/mol. The van der Waals surface area contributed by atoms with Crippen LogP contribution < -0.4 is 5.32 Å². The number of amides is 2. The number of thioether (sulfide) groups is 1. The Balaban J connectivity index is 1.36. The first-order valence-corrected chi connectivity index (χ1v) is 11.2. The normalized spacial score (nSPS) is 19.4. The number of fused-ring (bicyclic) bond motifs is 2. The van der Waals surface area contributed by atoms with E-state index in [4.69, 9.17) is 4.98 Å². The van der Waals surface area contributed by atoms with Gasteiger partial charge in [0.2, 0.25) is 5.91 Å². The standard InChI is InChI=1S/C21H19N3O2S2/c25-19-12-27-17-8-7-13(10-16(17)22-19)21(26)24-9-3-4-14(11-24)20-23-15-5-1-2-6-18(15)28-20/h1-2,5-8,10,14H,3-4,9,11-12H2,(H,22,25)/t14-/m1/s1. The van der Waals surface area contributed by atoms with Crippen molar-refractivity contribution in [3.8, 4) is 0 Å². The molecule has 28 heavy (non-hydrogen) atoms. The Kier molecular flexibility index (Phi) is 4.56. The Morgan fingerprint density at radius 2 is 2.11 bits per heavy atom. The third-order valence-electron chi connectivity index (χ3n) is 5.23. The number of carbonyl (C=O) groups excluding carboxylic acids is 2. The van der Waals surface area contributed by atoms with Gasteiger partial charge < -0.3 is 10.2 Å². The molecule has 0 bridgehead atoms. The van der Waals surface area contributed by atoms with E-state index in [1.54, 1.807) is 11.3 Å². The molecule has 0 aliphatic carbocycles. The third kappa shape index (κ3) is 3.29. The Morgan fingerprint density at radius 1 is 1.21 bits per heavy atom. The Bertz CT molecular complexity index is 1050. The molecule has 5 rings (SSSR count). The zero-order chi connectivity index (χ0) is 19.1. The quantitative estimate of drug-likeness (QED) is 0.683. The lowest BCUT2D eigenvalue weighted by Crippen LogP contribution is -2.39. The molecule has 3 heterocycles. The Labute approximate surface area is 171 Å². The van der Waals surface area contributed by atoms with E-state index in [-0.39, 0.29) is 17.7 Å². The van der Waals surface area contributed by atoms with Gasteiger partial charge in [-0.3, -0.25) is 9.59 Å². The van der Waals surface area contributed by atoms with Crippen LogP contribution in [0.15, 0.2) is 47.4 Å². The van der Waals surface area contributed by atoms with Crippen molar-refractivity contribution in [2.75, 3.05) is 24.2 Å². The number of hydrogen-bond donors (Lipinski definition) is 1. The maximum absolute atomic E-state index is 13.1. The maximum atomic E-state index is 13.1. The molecule has 1 N–H and O–H groups in total. The molecule has 0 saturated carbocycles. The van der Waals surface area contributed by atoms with Crippen molar-refractivity contribution >= 4 is 50.8 Å². The minimum Gasteiger partial charge on any atom is -0.338 e. The number of para-hydroxylation sites is 1. The van der Waals surface area contributed by atoms with Gasteiger partial charge >= 0.3 is 0 Å². The van der Waals surface area contributed by atoms with Crippen LogP contribution in [0.25, 0.3) is 10.2 Å². The van der Waals surface area contributed by atoms with Gasteiger partial charge in [0, 0.05) is 29.5 Å². The van der Waals surface area contributed by atoms with E-state index < -0.39 is 0 Å². The van der Waals surface area contributed by atoms with Crippen LogP contribution in [0.5, 0.6) is 0 Å². The minimum absolute atomic E-state index is 0.0176. The van der Waals surface area contributed by atoms with E-state index in [0.29, 0.717) is 17.9 Å². The summed E-state index contributed by atoms with van der Waals surface area (Å²) in [5, 5.41) is 3.99. The van der Waals surface area contributed by atoms with Crippen LogP contribution in [-0.2, 0) is 4.79 Å². The summed E-state index contributed by atoms with van der Waals surface area (Å²) in [6.45, 7) is 1.45. The fourth-order valence-electron chi connectivity index (χ4n) is 3.83. The molecule has 2 amide bonds. The minimum atomic E-state index is -0.0176. The van der Waals surface area contributed by atoms with Gasteiger partial charge in [-0.15, -0.1) is 23.1 Å². The van der Waals surface area contributed by atoms with E-state index in [1.807, 2.05) is 41.3 Å². The first-order chi connectivity index (χ1) is 13.7. The molecule has 0 radical (unpaired) electrons. The van der Waals surface area contributed by atoms with E-state index in [1.165, 1.54) is 16.5 Å². The number of rotatable bonds is 2. The molecule has 0 spiro atoms. The second kappa shape index (κ2) is 7.22. The molecule has 1 saturated heterocycles. The van der Waals surface area contributed by atoms with Gasteiger partial charge in [0.15, 0.2) is 0 Å². The molecule has 5 nitrogen and oxygen atoms in total. The summed E-state index contributed by atoms with van der Waals surface area (Å²) in [4.78, 5) is 32.5. The van der Waals surface area contributed by atoms with Crippen molar-refractivity contribution in [2.24, 2.45) is 0 Å². The highest BCUT2D eigenvalue weighted by Gasteiger charge is 2.28. The van der Waals surface area contributed by atoms with Crippen molar-refractivity contribution in [2.45, 2.75) is 23.7 Å². The van der Waals surface area contributed by atoms with Crippen molar-refractivity contribution < 1.29 is 9.59 Å². The number of hydrogen-bond acceptors (Lipinski definition) is 5. The molecule has 1 atom stereocenters. The van der Waals surface area contributed by atoms with Gasteiger partial charge in [-0.05, 0) is 43.2 Å². The van der Waals surface area contributed by atoms with Crippen LogP contribution in [0.2, 0.25) is 0 Å². The lowest BCUT2D eigenvalue weighted by molar-refractivity contribution is -0.113. The van der Waals surface area contributed by atoms with Crippen LogP contribution in [0.1, 0.15) is 34.1 Å². The lowest BCUT2D eigenvalue weighted by Gasteiger charge is -2.32. The highest BCUT2D eigenvalue weighted by molar-refractivity contribution is 8.00. The Hall–Kier alpha value is -2.38. The first kappa shape index (κ1) is 17.7. The summed E-state index contributed by atoms with van der Waals surface area (Å²) < 4.78 is 1.20. The summed E-state index contributed by atoms with van der Waals surface area (Å²) in [6, 6.07) is 13.8. The number of likely N-dealkylation sites (tertiary alicyclic amines) is 1. The summed E-state index contributed by atoms with van der Waals surface area (Å²) in [5.74, 6) is 0.716. The molecule has 2 aromatic carbocycles. The highest BCUT2D eigenvalue weighted by Crippen LogP contribution is 2.35. The third-order valence-corrected chi connectivity index (χ3v) is 7.50. The van der Waals surface area contributed by atoms with Gasteiger partial charge in [-0.1, -0.05) is 12.1 Å². The topological polar surface area (TPSA) is 62.3 Å². The van der Waals surface area contributed by atoms with Gasteiger partial charge in [0.1, 0.15) is 0 Å². The number of carbonyl (C=O) groups is 2. The van der Waals surface area contributed by atoms with Gasteiger partial charge in [-0.2, -0.15) is 0 Å². The van der Waals surface area contributed by atoms with Crippen LogP contribution in [0.3, 0.4) is 0 Å². The molecule has 142 valence electrons. The predicted molar refractivity (Wildman–Crippen MR) is 113 cm³/mol. The lowest BCUT2D eigenvalue weighted by atomic mass is 9.98. The molecule has 1 fully saturated rings. The second-order valence-electron chi connectivity index (χ2n) is 7.16. The van der Waals surface area contributed by atoms with Crippen molar-refractivity contribution in [1.29, 1.82) is 0 Å². The largest absolute Gasteiger partial charge is 0.338 e. The number of piperidine rings is 1. The van der Waals surface area contributed by atoms with Crippen LogP contribution in [0.4, 0.5) is 5.69 Å². The number of anilines is 1. The maximum Gasteiger partial charge on any atom is 0.253 e. The van der Waals surface area contributed by atoms with Crippen LogP contribution in [-0.4, -0.2) is 40.5 Å². The van der Waals surface area contributed by atoms with E-state index in [0.717, 1.165) is 40.5 Å². The average Bonchev–Trinajstić information content (AvgIpc) is 3.17. The second-order valence-corrected chi connectivity index (χ2v) is 9.24. The molecule has 2 aliphatic rings. The molecular formula is C21H19N3O2S2. The number of nitrogens with zero attached hydrogens (tertiary/aromatic N) is 2. The van der Waals surface area contributed by atoms with E-state index in [2.05, 4.69) is 11.4 Å². The van der Waals surface area contributed by atoms with E-state index >= 15 is 0 Å². The van der Waals surface area contributed by atoms with Crippen LogP contribution >= 0.6 is 23.1 Å². The monoisotopic (exact) mass is 409 g/mol. The zero-order valence-electron chi connectivity index (χ0n) is 15.2. The van der Waals surface area contributed by atoms with Gasteiger partial charge in [-0.25, -0.2) is 4.98 Å². The smallest absolute Gasteiger partial charge is 0.253 e. The summed E-state index contributed by atoms with van der Waals surface area (Å²) in [6.07, 6.45) is 2.03. The Morgan fingerprint density at radius 3 is 3.00 bits per heavy atom. The molecule has 7 heteroatoms. The fraction of sp³-hybridized carbons (Fsp3) is 0.286. The van der Waals surface area contributed by atoms with Crippen molar-refractivity contribution in [1.82, 2.24) is 9.88 Å². The number of aromatic nitrogens is 1. The SMILES string of the molecule is O=C1CSc2ccc(C(=O)N3CCC[C@@H](c4nc5ccccc5s4)C3)cc2N1. The highest BCUT2D eigenvalue weighted by atomic mass is 32.2. The summed E-state index contributed by atoms with van der Waals surface area (Å²) in [5.41, 5.74) is 2.41. The fourth-order valence-corrected chi connectivity index (χ4v) is 5.71. The van der Waals surface area contributed by atoms with Crippen molar-refractivity contribution in [3.05, 3.63) is 53.0 Å². The molecule has 1 aromatic heterocycles. The number of benzene rings is 2. The number of thiazole rings is 1. The predicted octanol–water partition coefficient (Wildman–Crippen LogP) is 4.36. The molecule has 3 aromatic rings. The van der Waals surface area contributed by atoms with E-state index in [9.17, 15) is 9.59 Å². The van der Waals surface area contributed by atoms with Gasteiger partial charge in [0.25, 0.3) is 5.91 Å². The summed E-state index contributed by atoms with van der Waals surface area (Å²) in [7, 11) is 0. The molecule has 2 aliphatic heterocycles. The zero-order valence-corrected chi connectivity index (χ0v) is 16.8. The number of nitrogens with one attached hydrogen (secondary N) is 1. The van der Waals surface area contributed by atoms with Gasteiger partial charge in [0.05, 0.1) is 26.7 Å². The van der Waals surface area contributed by atoms with Crippen LogP contribution in [0, 0.1) is 0 Å².